The molecule has 0 radical (unpaired) electrons. The Kier molecular flexibility index (Phi) is 5.60. The normalized spacial score (nSPS) is 29.1. The molecule has 0 bridgehead atoms. The van der Waals surface area contributed by atoms with Gasteiger partial charge >= 0.3 is 0 Å². The maximum atomic E-state index is 8.76. The van der Waals surface area contributed by atoms with E-state index in [2.05, 4.69) is 25.6 Å². The molecule has 0 amide bonds. The Labute approximate surface area is 101 Å². The molecule has 1 heteroatoms. The van der Waals surface area contributed by atoms with E-state index in [0.717, 1.165) is 24.2 Å². The van der Waals surface area contributed by atoms with Crippen LogP contribution in [0.4, 0.5) is 0 Å². The van der Waals surface area contributed by atoms with Crippen molar-refractivity contribution in [1.82, 2.24) is 0 Å². The Morgan fingerprint density at radius 2 is 1.88 bits per heavy atom. The first kappa shape index (κ1) is 13.3. The Bertz CT molecular complexity index is 243. The third-order valence-corrected chi connectivity index (χ3v) is 4.23. The maximum Gasteiger partial charge on any atom is 0.0652 e. The summed E-state index contributed by atoms with van der Waals surface area (Å²) in [6, 6.07) is 2.33. The maximum absolute atomic E-state index is 8.76. The van der Waals surface area contributed by atoms with Gasteiger partial charge in [0.2, 0.25) is 0 Å². The van der Waals surface area contributed by atoms with Crippen molar-refractivity contribution in [1.29, 1.82) is 5.26 Å². The molecular formula is C15H25N. The van der Waals surface area contributed by atoms with Crippen LogP contribution in [-0.2, 0) is 0 Å². The van der Waals surface area contributed by atoms with Gasteiger partial charge in [0, 0.05) is 5.92 Å². The third kappa shape index (κ3) is 4.00. The zero-order valence-electron chi connectivity index (χ0n) is 10.8. The summed E-state index contributed by atoms with van der Waals surface area (Å²) in [5.41, 5.74) is 0. The highest BCUT2D eigenvalue weighted by atomic mass is 14.3. The highest BCUT2D eigenvalue weighted by Crippen LogP contribution is 2.35. The summed E-state index contributed by atoms with van der Waals surface area (Å²) in [6.07, 6.45) is 9.78. The smallest absolute Gasteiger partial charge is 0.0652 e. The van der Waals surface area contributed by atoms with E-state index in [9.17, 15) is 0 Å². The van der Waals surface area contributed by atoms with E-state index in [4.69, 9.17) is 5.26 Å². The summed E-state index contributed by atoms with van der Waals surface area (Å²) in [7, 11) is 0. The van der Waals surface area contributed by atoms with Gasteiger partial charge in [-0.05, 0) is 63.2 Å². The van der Waals surface area contributed by atoms with Gasteiger partial charge in [0.1, 0.15) is 0 Å². The van der Waals surface area contributed by atoms with E-state index in [-0.39, 0.29) is 5.92 Å². The number of nitriles is 1. The third-order valence-electron chi connectivity index (χ3n) is 4.23. The highest BCUT2D eigenvalue weighted by molar-refractivity contribution is 4.86. The van der Waals surface area contributed by atoms with Gasteiger partial charge in [-0.2, -0.15) is 5.26 Å². The molecule has 1 nitrogen and oxygen atoms in total. The minimum absolute atomic E-state index is 0.229. The van der Waals surface area contributed by atoms with E-state index in [0.29, 0.717) is 0 Å². The molecule has 0 heterocycles. The second-order valence-corrected chi connectivity index (χ2v) is 5.50. The predicted molar refractivity (Wildman–Crippen MR) is 68.8 cm³/mol. The lowest BCUT2D eigenvalue weighted by atomic mass is 9.75. The van der Waals surface area contributed by atoms with Crippen LogP contribution in [0.1, 0.15) is 52.4 Å². The van der Waals surface area contributed by atoms with Gasteiger partial charge in [0.05, 0.1) is 6.07 Å². The fourth-order valence-electron chi connectivity index (χ4n) is 2.76. The standard InChI is InChI=1S/C15H25N/c1-4-14-7-9-15(10-8-14)13(3)6-5-12(2)11-16/h4,12-15H,1,5-10H2,2-3H3. The molecule has 0 aromatic heterocycles. The molecule has 1 aliphatic carbocycles. The molecule has 16 heavy (non-hydrogen) atoms. The van der Waals surface area contributed by atoms with E-state index >= 15 is 0 Å². The summed E-state index contributed by atoms with van der Waals surface area (Å²) >= 11 is 0. The number of hydrogen-bond donors (Lipinski definition) is 0. The molecular weight excluding hydrogens is 194 g/mol. The molecule has 1 saturated carbocycles. The monoisotopic (exact) mass is 219 g/mol. The second kappa shape index (κ2) is 6.74. The van der Waals surface area contributed by atoms with Crippen molar-refractivity contribution in [2.45, 2.75) is 52.4 Å². The molecule has 0 aromatic rings. The van der Waals surface area contributed by atoms with Gasteiger partial charge in [-0.25, -0.2) is 0 Å². The van der Waals surface area contributed by atoms with Gasteiger partial charge in [-0.3, -0.25) is 0 Å². The molecule has 90 valence electrons. The first-order valence-electron chi connectivity index (χ1n) is 6.69. The van der Waals surface area contributed by atoms with E-state index in [1.54, 1.807) is 0 Å². The van der Waals surface area contributed by atoms with Gasteiger partial charge in [-0.1, -0.05) is 13.0 Å². The molecule has 0 saturated heterocycles. The van der Waals surface area contributed by atoms with Crippen LogP contribution in [0.2, 0.25) is 0 Å². The Balaban J connectivity index is 2.25. The van der Waals surface area contributed by atoms with Crippen LogP contribution in [0, 0.1) is 35.0 Å². The lowest BCUT2D eigenvalue weighted by Gasteiger charge is -2.31. The fourth-order valence-corrected chi connectivity index (χ4v) is 2.76. The summed E-state index contributed by atoms with van der Waals surface area (Å²) in [4.78, 5) is 0. The van der Waals surface area contributed by atoms with Crippen LogP contribution in [-0.4, -0.2) is 0 Å². The molecule has 1 rings (SSSR count). The van der Waals surface area contributed by atoms with Gasteiger partial charge in [-0.15, -0.1) is 6.58 Å². The van der Waals surface area contributed by atoms with Crippen molar-refractivity contribution in [3.63, 3.8) is 0 Å². The Morgan fingerprint density at radius 1 is 1.25 bits per heavy atom. The second-order valence-electron chi connectivity index (χ2n) is 5.50. The molecule has 1 fully saturated rings. The summed E-state index contributed by atoms with van der Waals surface area (Å²) in [6.45, 7) is 8.28. The predicted octanol–water partition coefficient (Wildman–Crippen LogP) is 4.55. The zero-order chi connectivity index (χ0) is 12.0. The average Bonchev–Trinajstić information content (AvgIpc) is 2.35. The summed E-state index contributed by atoms with van der Waals surface area (Å²) in [5.74, 6) is 2.68. The lowest BCUT2D eigenvalue weighted by Crippen LogP contribution is -2.19. The number of allylic oxidation sites excluding steroid dienone is 1. The lowest BCUT2D eigenvalue weighted by molar-refractivity contribution is 0.221. The highest BCUT2D eigenvalue weighted by Gasteiger charge is 2.23. The average molecular weight is 219 g/mol. The molecule has 0 N–H and O–H groups in total. The van der Waals surface area contributed by atoms with E-state index < -0.39 is 0 Å². The number of hydrogen-bond acceptors (Lipinski definition) is 1. The Hall–Kier alpha value is -0.770. The van der Waals surface area contributed by atoms with Crippen LogP contribution in [0.15, 0.2) is 12.7 Å². The first-order chi connectivity index (χ1) is 7.67. The SMILES string of the molecule is C=CC1CCC(C(C)CCC(C)C#N)CC1. The number of rotatable bonds is 5. The van der Waals surface area contributed by atoms with Crippen molar-refractivity contribution in [3.05, 3.63) is 12.7 Å². The first-order valence-corrected chi connectivity index (χ1v) is 6.69. The summed E-state index contributed by atoms with van der Waals surface area (Å²) in [5, 5.41) is 8.76. The molecule has 0 aliphatic heterocycles. The molecule has 0 spiro atoms. The zero-order valence-corrected chi connectivity index (χ0v) is 10.8. The van der Waals surface area contributed by atoms with Gasteiger partial charge in [0.25, 0.3) is 0 Å². The molecule has 1 aliphatic rings. The minimum Gasteiger partial charge on any atom is -0.198 e. The van der Waals surface area contributed by atoms with E-state index in [1.807, 2.05) is 6.92 Å². The van der Waals surface area contributed by atoms with Crippen molar-refractivity contribution >= 4 is 0 Å². The van der Waals surface area contributed by atoms with Crippen LogP contribution in [0.25, 0.3) is 0 Å². The van der Waals surface area contributed by atoms with E-state index in [1.165, 1.54) is 32.1 Å². The van der Waals surface area contributed by atoms with Crippen LogP contribution >= 0.6 is 0 Å². The quantitative estimate of drug-likeness (QED) is 0.622. The van der Waals surface area contributed by atoms with Gasteiger partial charge < -0.3 is 0 Å². The number of nitrogens with zero attached hydrogens (tertiary/aromatic N) is 1. The Morgan fingerprint density at radius 3 is 2.38 bits per heavy atom. The minimum atomic E-state index is 0.229. The van der Waals surface area contributed by atoms with Crippen LogP contribution in [0.5, 0.6) is 0 Å². The molecule has 2 unspecified atom stereocenters. The van der Waals surface area contributed by atoms with Crippen LogP contribution in [0.3, 0.4) is 0 Å². The van der Waals surface area contributed by atoms with Crippen molar-refractivity contribution in [3.8, 4) is 6.07 Å². The fraction of sp³-hybridized carbons (Fsp3) is 0.800. The largest absolute Gasteiger partial charge is 0.198 e. The molecule has 0 aromatic carbocycles. The van der Waals surface area contributed by atoms with Crippen LogP contribution < -0.4 is 0 Å². The van der Waals surface area contributed by atoms with Gasteiger partial charge in [0.15, 0.2) is 0 Å². The topological polar surface area (TPSA) is 23.8 Å². The summed E-state index contributed by atoms with van der Waals surface area (Å²) < 4.78 is 0. The van der Waals surface area contributed by atoms with Crippen molar-refractivity contribution < 1.29 is 0 Å². The van der Waals surface area contributed by atoms with Crippen molar-refractivity contribution in [2.24, 2.45) is 23.7 Å². The molecule has 2 atom stereocenters. The van der Waals surface area contributed by atoms with Crippen molar-refractivity contribution in [2.75, 3.05) is 0 Å².